The first-order valence-corrected chi connectivity index (χ1v) is 7.43. The van der Waals surface area contributed by atoms with Crippen LogP contribution in [0.2, 0.25) is 0 Å². The molecule has 0 saturated heterocycles. The normalized spacial score (nSPS) is 11.1. The Morgan fingerprint density at radius 3 is 3.11 bits per heavy atom. The molecule has 0 atom stereocenters. The molecular weight excluding hydrogens is 260 g/mol. The number of hydrogen-bond acceptors (Lipinski definition) is 4. The lowest BCUT2D eigenvalue weighted by Crippen LogP contribution is -2.36. The minimum atomic E-state index is 0.558. The van der Waals surface area contributed by atoms with E-state index in [1.54, 1.807) is 6.33 Å². The van der Waals surface area contributed by atoms with Crippen molar-refractivity contribution < 1.29 is 0 Å². The van der Waals surface area contributed by atoms with Crippen molar-refractivity contribution in [2.24, 2.45) is 4.99 Å². The Hall–Kier alpha value is -1.68. The number of aromatic nitrogens is 2. The molecule has 0 radical (unpaired) electrons. The Morgan fingerprint density at radius 2 is 2.47 bits per heavy atom. The molecule has 0 aliphatic carbocycles. The van der Waals surface area contributed by atoms with E-state index in [0.717, 1.165) is 36.7 Å². The zero-order valence-corrected chi connectivity index (χ0v) is 12.2. The number of nitrogens with zero attached hydrogens (tertiary/aromatic N) is 3. The van der Waals surface area contributed by atoms with Crippen LogP contribution >= 0.6 is 11.8 Å². The second kappa shape index (κ2) is 9.28. The van der Waals surface area contributed by atoms with Gasteiger partial charge in [-0.2, -0.15) is 17.0 Å². The number of thioether (sulfide) groups is 1. The molecule has 0 unspecified atom stereocenters. The largest absolute Gasteiger partial charge is 0.355 e. The van der Waals surface area contributed by atoms with Crippen LogP contribution in [0, 0.1) is 18.4 Å². The molecule has 19 heavy (non-hydrogen) atoms. The standard InChI is InChI=1S/C12H20N6S/c1-3-4-14-12(16-8-13)15-5-6-19-7-11-10(2)17-9-18-11/h9H,3-7H2,1-2H3,(H,17,18)(H2,14,15,16). The lowest BCUT2D eigenvalue weighted by atomic mass is 10.4. The van der Waals surface area contributed by atoms with Crippen molar-refractivity contribution in [1.29, 1.82) is 5.26 Å². The van der Waals surface area contributed by atoms with E-state index < -0.39 is 0 Å². The third-order valence-corrected chi connectivity index (χ3v) is 3.37. The monoisotopic (exact) mass is 280 g/mol. The van der Waals surface area contributed by atoms with Crippen LogP contribution in [0.15, 0.2) is 11.3 Å². The first kappa shape index (κ1) is 15.4. The van der Waals surface area contributed by atoms with Gasteiger partial charge in [-0.15, -0.1) is 0 Å². The zero-order valence-electron chi connectivity index (χ0n) is 11.4. The van der Waals surface area contributed by atoms with Gasteiger partial charge >= 0.3 is 0 Å². The summed E-state index contributed by atoms with van der Waals surface area (Å²) < 4.78 is 0. The number of imidazole rings is 1. The number of hydrogen-bond donors (Lipinski definition) is 3. The fourth-order valence-electron chi connectivity index (χ4n) is 1.37. The molecule has 0 aliphatic rings. The fraction of sp³-hybridized carbons (Fsp3) is 0.583. The number of aromatic amines is 1. The van der Waals surface area contributed by atoms with E-state index in [2.05, 4.69) is 32.5 Å². The van der Waals surface area contributed by atoms with Crippen LogP contribution in [0.5, 0.6) is 0 Å². The second-order valence-corrected chi connectivity index (χ2v) is 5.02. The van der Waals surface area contributed by atoms with Crippen LogP contribution in [0.3, 0.4) is 0 Å². The molecule has 1 heterocycles. The molecule has 0 spiro atoms. The molecule has 0 aliphatic heterocycles. The van der Waals surface area contributed by atoms with E-state index in [4.69, 9.17) is 5.26 Å². The van der Waals surface area contributed by atoms with E-state index in [-0.39, 0.29) is 0 Å². The van der Waals surface area contributed by atoms with Crippen LogP contribution in [-0.4, -0.2) is 34.8 Å². The van der Waals surface area contributed by atoms with E-state index >= 15 is 0 Å². The topological polar surface area (TPSA) is 88.9 Å². The van der Waals surface area contributed by atoms with Crippen LogP contribution in [0.1, 0.15) is 24.7 Å². The Kier molecular flexibility index (Phi) is 7.51. The maximum atomic E-state index is 8.60. The summed E-state index contributed by atoms with van der Waals surface area (Å²) in [5, 5.41) is 14.3. The van der Waals surface area contributed by atoms with E-state index in [0.29, 0.717) is 5.96 Å². The maximum Gasteiger partial charge on any atom is 0.204 e. The molecule has 0 bridgehead atoms. The molecule has 0 aromatic carbocycles. The number of aliphatic imine (C=N–C) groups is 1. The van der Waals surface area contributed by atoms with Gasteiger partial charge in [0, 0.05) is 30.3 Å². The van der Waals surface area contributed by atoms with Crippen molar-refractivity contribution >= 4 is 17.7 Å². The summed E-state index contributed by atoms with van der Waals surface area (Å²) in [5.74, 6) is 2.42. The lowest BCUT2D eigenvalue weighted by Gasteiger charge is -2.07. The number of nitrogens with one attached hydrogen (secondary N) is 3. The Labute approximate surface area is 118 Å². The highest BCUT2D eigenvalue weighted by Gasteiger charge is 2.01. The highest BCUT2D eigenvalue weighted by Crippen LogP contribution is 2.11. The van der Waals surface area contributed by atoms with Crippen molar-refractivity contribution in [3.63, 3.8) is 0 Å². The van der Waals surface area contributed by atoms with Crippen molar-refractivity contribution in [3.05, 3.63) is 17.7 Å². The van der Waals surface area contributed by atoms with Crippen molar-refractivity contribution in [2.45, 2.75) is 26.0 Å². The van der Waals surface area contributed by atoms with Gasteiger partial charge < -0.3 is 10.3 Å². The van der Waals surface area contributed by atoms with Crippen LogP contribution in [0.4, 0.5) is 0 Å². The lowest BCUT2D eigenvalue weighted by molar-refractivity contribution is 0.874. The summed E-state index contributed by atoms with van der Waals surface area (Å²) in [4.78, 5) is 11.5. The summed E-state index contributed by atoms with van der Waals surface area (Å²) in [6, 6.07) is 0. The minimum Gasteiger partial charge on any atom is -0.355 e. The first-order valence-electron chi connectivity index (χ1n) is 6.28. The zero-order chi connectivity index (χ0) is 13.9. The van der Waals surface area contributed by atoms with Crippen LogP contribution in [0.25, 0.3) is 0 Å². The summed E-state index contributed by atoms with van der Waals surface area (Å²) >= 11 is 1.81. The van der Waals surface area contributed by atoms with Gasteiger partial charge in [0.25, 0.3) is 0 Å². The second-order valence-electron chi connectivity index (χ2n) is 3.91. The maximum absolute atomic E-state index is 8.60. The molecule has 1 aromatic rings. The van der Waals surface area contributed by atoms with Crippen molar-refractivity contribution in [3.8, 4) is 6.19 Å². The van der Waals surface area contributed by atoms with Gasteiger partial charge in [-0.1, -0.05) is 6.92 Å². The van der Waals surface area contributed by atoms with Gasteiger partial charge in [0.2, 0.25) is 5.96 Å². The van der Waals surface area contributed by atoms with Gasteiger partial charge in [-0.3, -0.25) is 10.3 Å². The number of H-pyrrole nitrogens is 1. The summed E-state index contributed by atoms with van der Waals surface area (Å²) in [5.41, 5.74) is 2.22. The quantitative estimate of drug-likeness (QED) is 0.231. The van der Waals surface area contributed by atoms with Gasteiger partial charge in [0.1, 0.15) is 0 Å². The molecule has 0 fully saturated rings. The minimum absolute atomic E-state index is 0.558. The van der Waals surface area contributed by atoms with Crippen LogP contribution < -0.4 is 10.6 Å². The predicted octanol–water partition coefficient (Wildman–Crippen LogP) is 1.38. The molecule has 7 heteroatoms. The Bertz CT molecular complexity index is 434. The van der Waals surface area contributed by atoms with E-state index in [1.165, 1.54) is 5.69 Å². The smallest absolute Gasteiger partial charge is 0.204 e. The number of guanidine groups is 1. The average molecular weight is 280 g/mol. The van der Waals surface area contributed by atoms with E-state index in [1.807, 2.05) is 24.9 Å². The van der Waals surface area contributed by atoms with Gasteiger partial charge in [0.15, 0.2) is 6.19 Å². The molecular formula is C12H20N6S. The first-order chi connectivity index (χ1) is 9.27. The molecule has 104 valence electrons. The number of nitriles is 1. The highest BCUT2D eigenvalue weighted by atomic mass is 32.2. The molecule has 3 N–H and O–H groups in total. The molecule has 0 saturated carbocycles. The average Bonchev–Trinajstić information content (AvgIpc) is 2.81. The Balaban J connectivity index is 2.18. The third-order valence-electron chi connectivity index (χ3n) is 2.39. The van der Waals surface area contributed by atoms with Crippen molar-refractivity contribution in [1.82, 2.24) is 20.6 Å². The summed E-state index contributed by atoms with van der Waals surface area (Å²) in [7, 11) is 0. The van der Waals surface area contributed by atoms with Crippen molar-refractivity contribution in [2.75, 3.05) is 18.8 Å². The predicted molar refractivity (Wildman–Crippen MR) is 78.8 cm³/mol. The molecule has 1 aromatic heterocycles. The number of aryl methyl sites for hydroxylation is 1. The van der Waals surface area contributed by atoms with Crippen LogP contribution in [-0.2, 0) is 5.75 Å². The Morgan fingerprint density at radius 1 is 1.63 bits per heavy atom. The van der Waals surface area contributed by atoms with E-state index in [9.17, 15) is 0 Å². The molecule has 0 amide bonds. The molecule has 1 rings (SSSR count). The molecule has 6 nitrogen and oxygen atoms in total. The summed E-state index contributed by atoms with van der Waals surface area (Å²) in [6.07, 6.45) is 4.57. The van der Waals surface area contributed by atoms with Gasteiger partial charge in [-0.25, -0.2) is 4.98 Å². The third kappa shape index (κ3) is 6.15. The summed E-state index contributed by atoms with van der Waals surface area (Å²) in [6.45, 7) is 5.54. The SMILES string of the molecule is CCC/N=C(\NC#N)NCCSCc1[nH]cnc1C. The van der Waals surface area contributed by atoms with Gasteiger partial charge in [-0.05, 0) is 13.3 Å². The highest BCUT2D eigenvalue weighted by molar-refractivity contribution is 7.98. The van der Waals surface area contributed by atoms with Gasteiger partial charge in [0.05, 0.1) is 12.0 Å². The number of rotatable bonds is 7. The fourth-order valence-corrected chi connectivity index (χ4v) is 2.25.